The number of rotatable bonds is 3. The van der Waals surface area contributed by atoms with E-state index in [9.17, 15) is 5.11 Å². The van der Waals surface area contributed by atoms with Crippen LogP contribution in [-0.4, -0.2) is 5.11 Å². The summed E-state index contributed by atoms with van der Waals surface area (Å²) in [5.74, 6) is -0.101. The third-order valence-electron chi connectivity index (χ3n) is 2.83. The molecule has 2 aromatic rings. The molecule has 0 amide bonds. The maximum atomic E-state index is 9.55. The summed E-state index contributed by atoms with van der Waals surface area (Å²) in [5.41, 5.74) is 1.86. The van der Waals surface area contributed by atoms with E-state index in [-0.39, 0.29) is 21.8 Å². The van der Waals surface area contributed by atoms with Gasteiger partial charge >= 0.3 is 0 Å². The van der Waals surface area contributed by atoms with Crippen LogP contribution in [-0.2, 0) is 0 Å². The van der Waals surface area contributed by atoms with Crippen LogP contribution in [0.5, 0.6) is 5.75 Å². The van der Waals surface area contributed by atoms with Crippen LogP contribution in [0, 0.1) is 0 Å². The van der Waals surface area contributed by atoms with E-state index in [4.69, 9.17) is 23.2 Å². The van der Waals surface area contributed by atoms with Crippen molar-refractivity contribution in [1.29, 1.82) is 0 Å². The van der Waals surface area contributed by atoms with Gasteiger partial charge in [0.15, 0.2) is 5.75 Å². The van der Waals surface area contributed by atoms with Crippen LogP contribution in [0.1, 0.15) is 18.5 Å². The van der Waals surface area contributed by atoms with Crippen molar-refractivity contribution in [3.8, 4) is 5.75 Å². The van der Waals surface area contributed by atoms with E-state index in [1.54, 1.807) is 12.1 Å². The van der Waals surface area contributed by atoms with Gasteiger partial charge in [0.25, 0.3) is 0 Å². The number of nitrogens with one attached hydrogen (secondary N) is 1. The third-order valence-corrected chi connectivity index (χ3v) is 4.59. The fraction of sp³-hybridized carbons (Fsp3) is 0.143. The zero-order chi connectivity index (χ0) is 14.9. The summed E-state index contributed by atoms with van der Waals surface area (Å²) in [5, 5.41) is 13.3. The van der Waals surface area contributed by atoms with Crippen LogP contribution < -0.4 is 5.32 Å². The van der Waals surface area contributed by atoms with Crippen molar-refractivity contribution in [2.45, 2.75) is 13.0 Å². The Hall–Kier alpha value is -0.420. The molecule has 2 rings (SSSR count). The van der Waals surface area contributed by atoms with Gasteiger partial charge in [-0.25, -0.2) is 0 Å². The highest BCUT2D eigenvalue weighted by atomic mass is 79.9. The van der Waals surface area contributed by atoms with Crippen LogP contribution in [0.4, 0.5) is 5.69 Å². The molecule has 0 saturated carbocycles. The van der Waals surface area contributed by atoms with Crippen molar-refractivity contribution in [3.05, 3.63) is 54.9 Å². The molecule has 0 spiro atoms. The van der Waals surface area contributed by atoms with Crippen molar-refractivity contribution in [2.24, 2.45) is 0 Å². The van der Waals surface area contributed by atoms with Crippen LogP contribution in [0.25, 0.3) is 0 Å². The van der Waals surface area contributed by atoms with Crippen LogP contribution in [0.15, 0.2) is 39.3 Å². The van der Waals surface area contributed by atoms with Gasteiger partial charge in [-0.2, -0.15) is 0 Å². The molecule has 2 aromatic carbocycles. The number of hydrogen-bond donors (Lipinski definition) is 2. The molecule has 0 bridgehead atoms. The first-order valence-corrected chi connectivity index (χ1v) is 8.12. The lowest BCUT2D eigenvalue weighted by Gasteiger charge is -2.18. The van der Waals surface area contributed by atoms with Crippen LogP contribution >= 0.6 is 55.1 Å². The first-order valence-electron chi connectivity index (χ1n) is 5.78. The lowest BCUT2D eigenvalue weighted by atomic mass is 10.1. The molecule has 106 valence electrons. The molecule has 2 nitrogen and oxygen atoms in total. The minimum Gasteiger partial charge on any atom is -0.505 e. The molecule has 0 aliphatic heterocycles. The molecule has 20 heavy (non-hydrogen) atoms. The Morgan fingerprint density at radius 2 is 1.70 bits per heavy atom. The van der Waals surface area contributed by atoms with Crippen molar-refractivity contribution in [1.82, 2.24) is 0 Å². The Labute approximate surface area is 144 Å². The topological polar surface area (TPSA) is 32.3 Å². The molecule has 0 radical (unpaired) electrons. The van der Waals surface area contributed by atoms with Crippen molar-refractivity contribution >= 4 is 60.7 Å². The van der Waals surface area contributed by atoms with Gasteiger partial charge in [0.05, 0.1) is 10.0 Å². The molecule has 6 heteroatoms. The molecule has 0 aromatic heterocycles. The lowest BCUT2D eigenvalue weighted by molar-refractivity contribution is 0.476. The molecule has 0 fully saturated rings. The van der Waals surface area contributed by atoms with Crippen LogP contribution in [0.2, 0.25) is 10.0 Å². The van der Waals surface area contributed by atoms with Gasteiger partial charge < -0.3 is 10.4 Å². The van der Waals surface area contributed by atoms with Gasteiger partial charge in [-0.3, -0.25) is 0 Å². The smallest absolute Gasteiger partial charge is 0.152 e. The predicted octanol–water partition coefficient (Wildman–Crippen LogP) is 6.40. The van der Waals surface area contributed by atoms with Gasteiger partial charge in [-0.05, 0) is 36.8 Å². The van der Waals surface area contributed by atoms with Crippen LogP contribution in [0.3, 0.4) is 0 Å². The number of phenols is 1. The molecule has 0 aliphatic rings. The zero-order valence-corrected chi connectivity index (χ0v) is 15.1. The van der Waals surface area contributed by atoms with E-state index in [0.717, 1.165) is 20.2 Å². The summed E-state index contributed by atoms with van der Waals surface area (Å²) >= 11 is 18.8. The largest absolute Gasteiger partial charge is 0.505 e. The molecule has 1 atom stereocenters. The van der Waals surface area contributed by atoms with Gasteiger partial charge in [0, 0.05) is 20.7 Å². The number of phenolic OH excluding ortho intramolecular Hbond substituents is 1. The van der Waals surface area contributed by atoms with E-state index in [2.05, 4.69) is 37.2 Å². The Morgan fingerprint density at radius 3 is 2.25 bits per heavy atom. The quantitative estimate of drug-likeness (QED) is 0.542. The van der Waals surface area contributed by atoms with Gasteiger partial charge in [-0.15, -0.1) is 0 Å². The summed E-state index contributed by atoms with van der Waals surface area (Å²) in [7, 11) is 0. The fourth-order valence-electron chi connectivity index (χ4n) is 1.83. The minimum absolute atomic E-state index is 0.0501. The summed E-state index contributed by atoms with van der Waals surface area (Å²) in [4.78, 5) is 0. The van der Waals surface area contributed by atoms with E-state index in [1.165, 1.54) is 0 Å². The third kappa shape index (κ3) is 3.61. The van der Waals surface area contributed by atoms with Crippen molar-refractivity contribution in [3.63, 3.8) is 0 Å². The molecule has 0 aliphatic carbocycles. The lowest BCUT2D eigenvalue weighted by Crippen LogP contribution is -2.07. The number of halogens is 4. The van der Waals surface area contributed by atoms with E-state index >= 15 is 0 Å². The number of benzene rings is 2. The van der Waals surface area contributed by atoms with Gasteiger partial charge in [-0.1, -0.05) is 61.1 Å². The molecule has 1 unspecified atom stereocenters. The number of anilines is 1. The number of aromatic hydroxyl groups is 1. The summed E-state index contributed by atoms with van der Waals surface area (Å²) in [6.07, 6.45) is 0. The highest BCUT2D eigenvalue weighted by molar-refractivity contribution is 9.11. The Bertz CT molecular complexity index is 626. The van der Waals surface area contributed by atoms with Gasteiger partial charge in [0.2, 0.25) is 0 Å². The molecular formula is C14H11Br2Cl2NO. The SMILES string of the molecule is CC(Nc1cc(Cl)c(O)c(Cl)c1)c1ccc(Br)cc1Br. The second-order valence-electron chi connectivity index (χ2n) is 4.32. The number of hydrogen-bond acceptors (Lipinski definition) is 2. The first kappa shape index (κ1) is 16.0. The van der Waals surface area contributed by atoms with Crippen molar-refractivity contribution in [2.75, 3.05) is 5.32 Å². The fourth-order valence-corrected chi connectivity index (χ4v) is 3.71. The second-order valence-corrected chi connectivity index (χ2v) is 6.90. The Balaban J connectivity index is 2.25. The first-order chi connectivity index (χ1) is 9.38. The maximum Gasteiger partial charge on any atom is 0.152 e. The van der Waals surface area contributed by atoms with Crippen molar-refractivity contribution < 1.29 is 5.11 Å². The second kappa shape index (κ2) is 6.56. The van der Waals surface area contributed by atoms with E-state index in [0.29, 0.717) is 0 Å². The highest BCUT2D eigenvalue weighted by Gasteiger charge is 2.12. The molecule has 0 saturated heterocycles. The predicted molar refractivity (Wildman–Crippen MR) is 92.0 cm³/mol. The average Bonchev–Trinajstić information content (AvgIpc) is 2.35. The van der Waals surface area contributed by atoms with E-state index in [1.807, 2.05) is 25.1 Å². The molecule has 0 heterocycles. The van der Waals surface area contributed by atoms with E-state index < -0.39 is 0 Å². The minimum atomic E-state index is -0.101. The average molecular weight is 440 g/mol. The molecule has 2 N–H and O–H groups in total. The summed E-state index contributed by atoms with van der Waals surface area (Å²) in [6.45, 7) is 2.03. The zero-order valence-electron chi connectivity index (χ0n) is 10.4. The maximum absolute atomic E-state index is 9.55. The Morgan fingerprint density at radius 1 is 1.10 bits per heavy atom. The Kier molecular flexibility index (Phi) is 5.24. The normalized spacial score (nSPS) is 12.2. The monoisotopic (exact) mass is 437 g/mol. The van der Waals surface area contributed by atoms with Gasteiger partial charge in [0.1, 0.15) is 0 Å². The summed E-state index contributed by atoms with van der Waals surface area (Å²) in [6, 6.07) is 9.33. The standard InChI is InChI=1S/C14H11Br2Cl2NO/c1-7(10-3-2-8(15)4-11(10)16)19-9-5-12(17)14(20)13(18)6-9/h2-7,19-20H,1H3. The molecular weight excluding hydrogens is 429 g/mol. The summed E-state index contributed by atoms with van der Waals surface area (Å²) < 4.78 is 2.01. The highest BCUT2D eigenvalue weighted by Crippen LogP contribution is 2.36.